The monoisotopic (exact) mass is 405 g/mol. The number of fused-ring (bicyclic) bond motifs is 2. The number of ether oxygens (including phenoxy) is 1. The van der Waals surface area contributed by atoms with Crippen molar-refractivity contribution in [1.29, 1.82) is 0 Å². The molecule has 29 heavy (non-hydrogen) atoms. The Morgan fingerprint density at radius 1 is 1.21 bits per heavy atom. The third-order valence-corrected chi connectivity index (χ3v) is 4.46. The molecule has 0 amide bonds. The second-order valence-electron chi connectivity index (χ2n) is 6.18. The summed E-state index contributed by atoms with van der Waals surface area (Å²) in [5.41, 5.74) is 0.166. The number of aryl methyl sites for hydroxylation is 1. The van der Waals surface area contributed by atoms with E-state index in [-0.39, 0.29) is 45.3 Å². The topological polar surface area (TPSA) is 61.6 Å². The maximum Gasteiger partial charge on any atom is 0.554 e. The molecule has 4 aromatic rings. The molecule has 0 atom stereocenters. The maximum atomic E-state index is 14.8. The Balaban J connectivity index is 2.04. The first-order valence-electron chi connectivity index (χ1n) is 8.32. The molecular formula is C18H13F4N6O+. The molecule has 0 N–H and O–H groups in total. The zero-order chi connectivity index (χ0) is 20.9. The van der Waals surface area contributed by atoms with Gasteiger partial charge in [-0.2, -0.15) is 9.36 Å². The average molecular weight is 405 g/mol. The van der Waals surface area contributed by atoms with Crippen molar-refractivity contribution in [2.75, 3.05) is 7.11 Å². The van der Waals surface area contributed by atoms with Crippen molar-refractivity contribution in [3.8, 4) is 23.6 Å². The third-order valence-electron chi connectivity index (χ3n) is 4.46. The third kappa shape index (κ3) is 2.93. The fourth-order valence-corrected chi connectivity index (χ4v) is 3.29. The second-order valence-corrected chi connectivity index (χ2v) is 6.18. The molecular weight excluding hydrogens is 392 g/mol. The number of hydrogen-bond acceptors (Lipinski definition) is 4. The van der Waals surface area contributed by atoms with E-state index in [0.717, 1.165) is 16.8 Å². The van der Waals surface area contributed by atoms with Crippen LogP contribution in [0.2, 0.25) is 0 Å². The Kier molecular flexibility index (Phi) is 4.34. The van der Waals surface area contributed by atoms with Crippen molar-refractivity contribution < 1.29 is 22.3 Å². The molecule has 0 saturated carbocycles. The summed E-state index contributed by atoms with van der Waals surface area (Å²) in [6, 6.07) is 2.46. The summed E-state index contributed by atoms with van der Waals surface area (Å²) in [6.45, 7) is 6.00. The van der Waals surface area contributed by atoms with Crippen molar-refractivity contribution >= 4 is 22.5 Å². The van der Waals surface area contributed by atoms with Crippen LogP contribution in [0.5, 0.6) is 5.88 Å². The number of nitrogens with zero attached hydrogens (tertiary/aromatic N) is 6. The summed E-state index contributed by atoms with van der Waals surface area (Å²) < 4.78 is 62.9. The molecule has 0 saturated heterocycles. The summed E-state index contributed by atoms with van der Waals surface area (Å²) in [5, 5.41) is 3.94. The molecule has 4 rings (SSSR count). The van der Waals surface area contributed by atoms with Gasteiger partial charge in [0.25, 0.3) is 6.43 Å². The lowest BCUT2D eigenvalue weighted by molar-refractivity contribution is 0.127. The summed E-state index contributed by atoms with van der Waals surface area (Å²) in [4.78, 5) is 11.3. The quantitative estimate of drug-likeness (QED) is 0.478. The fraction of sp³-hybridized carbons (Fsp3) is 0.222. The molecule has 3 aromatic heterocycles. The molecule has 148 valence electrons. The molecule has 11 heteroatoms. The fourth-order valence-electron chi connectivity index (χ4n) is 3.29. The van der Waals surface area contributed by atoms with Crippen LogP contribution in [0, 0.1) is 25.1 Å². The van der Waals surface area contributed by atoms with E-state index in [1.54, 1.807) is 0 Å². The van der Waals surface area contributed by atoms with Gasteiger partial charge in [-0.3, -0.25) is 0 Å². The van der Waals surface area contributed by atoms with Crippen molar-refractivity contribution in [2.24, 2.45) is 0 Å². The van der Waals surface area contributed by atoms with Crippen molar-refractivity contribution in [3.63, 3.8) is 0 Å². The van der Waals surface area contributed by atoms with Gasteiger partial charge in [0.15, 0.2) is 17.2 Å². The highest BCUT2D eigenvalue weighted by Crippen LogP contribution is 2.36. The molecule has 0 fully saturated rings. The van der Waals surface area contributed by atoms with E-state index in [1.807, 2.05) is 0 Å². The zero-order valence-electron chi connectivity index (χ0n) is 15.2. The molecule has 0 aliphatic heterocycles. The lowest BCUT2D eigenvalue weighted by atomic mass is 10.1. The van der Waals surface area contributed by atoms with Gasteiger partial charge < -0.3 is 9.30 Å². The number of imidazole rings is 1. The second kappa shape index (κ2) is 6.73. The smallest absolute Gasteiger partial charge is 0.467 e. The average Bonchev–Trinajstić information content (AvgIpc) is 3.17. The predicted octanol–water partition coefficient (Wildman–Crippen LogP) is 4.20. The van der Waals surface area contributed by atoms with E-state index in [2.05, 4.69) is 19.9 Å². The maximum absolute atomic E-state index is 14.8. The van der Waals surface area contributed by atoms with Crippen LogP contribution in [0.1, 0.15) is 5.82 Å². The van der Waals surface area contributed by atoms with Crippen molar-refractivity contribution in [1.82, 2.24) is 24.1 Å². The standard InChI is InChI=1S/C18H13F4N6O/c1-8-24-15-10(19)4-9(5-12(15)27(8)7-13(21)22)14-11(20)6-28-16(14)17(29-3)25-18(23-2)26-28/h2,4-6,13H,7H2,1,3H3/q+1. The molecule has 0 bridgehead atoms. The lowest BCUT2D eigenvalue weighted by Crippen LogP contribution is -2.08. The van der Waals surface area contributed by atoms with Gasteiger partial charge in [0, 0.05) is 5.10 Å². The number of hydrogen-bond donors (Lipinski definition) is 0. The largest absolute Gasteiger partial charge is 0.554 e. The first-order chi connectivity index (χ1) is 13.8. The van der Waals surface area contributed by atoms with Crippen LogP contribution < -0.4 is 4.74 Å². The number of benzene rings is 1. The summed E-state index contributed by atoms with van der Waals surface area (Å²) in [7, 11) is 1.31. The van der Waals surface area contributed by atoms with Crippen molar-refractivity contribution in [2.45, 2.75) is 19.9 Å². The van der Waals surface area contributed by atoms with Crippen LogP contribution in [0.3, 0.4) is 0 Å². The highest BCUT2D eigenvalue weighted by Gasteiger charge is 2.26. The van der Waals surface area contributed by atoms with E-state index in [1.165, 1.54) is 24.7 Å². The van der Waals surface area contributed by atoms with Gasteiger partial charge in [0.2, 0.25) is 0 Å². The molecule has 0 aliphatic rings. The molecule has 0 spiro atoms. The minimum absolute atomic E-state index is 0.0409. The van der Waals surface area contributed by atoms with E-state index >= 15 is 0 Å². The lowest BCUT2D eigenvalue weighted by Gasteiger charge is -2.08. The van der Waals surface area contributed by atoms with Gasteiger partial charge in [-0.05, 0) is 29.6 Å². The molecule has 0 unspecified atom stereocenters. The van der Waals surface area contributed by atoms with Gasteiger partial charge in [-0.25, -0.2) is 22.5 Å². The number of halogens is 4. The molecule has 7 nitrogen and oxygen atoms in total. The van der Waals surface area contributed by atoms with Gasteiger partial charge >= 0.3 is 11.8 Å². The van der Waals surface area contributed by atoms with E-state index in [9.17, 15) is 17.6 Å². The van der Waals surface area contributed by atoms with Gasteiger partial charge in [-0.1, -0.05) is 0 Å². The Morgan fingerprint density at radius 2 is 1.97 bits per heavy atom. The predicted molar refractivity (Wildman–Crippen MR) is 96.9 cm³/mol. The van der Waals surface area contributed by atoms with E-state index < -0.39 is 24.6 Å². The number of methoxy groups -OCH3 is 1. The van der Waals surface area contributed by atoms with Crippen LogP contribution in [-0.2, 0) is 6.54 Å². The first-order valence-corrected chi connectivity index (χ1v) is 8.32. The highest BCUT2D eigenvalue weighted by molar-refractivity contribution is 5.90. The summed E-state index contributed by atoms with van der Waals surface area (Å²) in [5.74, 6) is -1.50. The minimum atomic E-state index is -2.67. The molecule has 3 heterocycles. The SMILES string of the molecule is C#[N+]c1nc(OC)c2c(-c3cc(F)c4nc(C)n(CC(F)F)c4c3)c(F)cn2n1. The summed E-state index contributed by atoms with van der Waals surface area (Å²) >= 11 is 0. The normalized spacial score (nSPS) is 11.5. The zero-order valence-corrected chi connectivity index (χ0v) is 15.2. The number of alkyl halides is 2. The Hall–Kier alpha value is -3.68. The molecule has 0 radical (unpaired) electrons. The van der Waals surface area contributed by atoms with Crippen molar-refractivity contribution in [3.05, 3.63) is 40.6 Å². The first kappa shape index (κ1) is 18.7. The van der Waals surface area contributed by atoms with E-state index in [4.69, 9.17) is 11.3 Å². The number of aromatic nitrogens is 5. The van der Waals surface area contributed by atoms with Gasteiger partial charge in [0.1, 0.15) is 17.9 Å². The van der Waals surface area contributed by atoms with Crippen LogP contribution >= 0.6 is 0 Å². The molecule has 1 aromatic carbocycles. The minimum Gasteiger partial charge on any atom is -0.467 e. The Labute approximate surface area is 161 Å². The Bertz CT molecular complexity index is 1300. The number of rotatable bonds is 4. The van der Waals surface area contributed by atoms with Crippen LogP contribution in [-0.4, -0.2) is 37.7 Å². The Morgan fingerprint density at radius 3 is 2.62 bits per heavy atom. The van der Waals surface area contributed by atoms with Crippen LogP contribution in [0.25, 0.3) is 32.5 Å². The van der Waals surface area contributed by atoms with Gasteiger partial charge in [0.05, 0.1) is 30.9 Å². The van der Waals surface area contributed by atoms with Crippen LogP contribution in [0.4, 0.5) is 23.5 Å². The highest BCUT2D eigenvalue weighted by atomic mass is 19.3. The van der Waals surface area contributed by atoms with E-state index in [0.29, 0.717) is 0 Å². The summed E-state index contributed by atoms with van der Waals surface area (Å²) in [6.07, 6.45) is -1.63. The van der Waals surface area contributed by atoms with Crippen LogP contribution in [0.15, 0.2) is 18.3 Å². The molecule has 0 aliphatic carbocycles. The van der Waals surface area contributed by atoms with Gasteiger partial charge in [-0.15, -0.1) is 0 Å².